The predicted octanol–water partition coefficient (Wildman–Crippen LogP) is 5.74. The molecule has 2 aromatic heterocycles. The fraction of sp³-hybridized carbons (Fsp3) is 0.125. The smallest absolute Gasteiger partial charge is 0.409 e. The topological polar surface area (TPSA) is 61.0 Å². The molecule has 0 aliphatic carbocycles. The summed E-state index contributed by atoms with van der Waals surface area (Å²) in [6.07, 6.45) is -3.46. The van der Waals surface area contributed by atoms with Crippen LogP contribution in [0.1, 0.15) is 0 Å². The highest BCUT2D eigenvalue weighted by Gasteiger charge is 2.22. The van der Waals surface area contributed by atoms with Gasteiger partial charge in [-0.15, -0.1) is 11.3 Å². The largest absolute Gasteiger partial charge is 0.489 e. The molecule has 3 rings (SSSR count). The number of anilines is 1. The van der Waals surface area contributed by atoms with Gasteiger partial charge in [0.15, 0.2) is 0 Å². The van der Waals surface area contributed by atoms with Crippen LogP contribution in [0.5, 0.6) is 5.75 Å². The molecule has 0 saturated heterocycles. The summed E-state index contributed by atoms with van der Waals surface area (Å²) in [5.41, 5.74) is 6.56. The lowest BCUT2D eigenvalue weighted by Crippen LogP contribution is -2.04. The Hall–Kier alpha value is -2.03. The van der Waals surface area contributed by atoms with Gasteiger partial charge in [0.1, 0.15) is 17.2 Å². The molecular weight excluding hydrogens is 410 g/mol. The normalized spacial score (nSPS) is 12.2. The SMILES string of the molecule is Nc1nc(-c2c(Cl)cc(Cl)cc2OC/C=C/C(F)(F)F)c2ccsc2n1. The van der Waals surface area contributed by atoms with Crippen LogP contribution in [0.2, 0.25) is 10.0 Å². The van der Waals surface area contributed by atoms with E-state index >= 15 is 0 Å². The maximum Gasteiger partial charge on any atom is 0.409 e. The van der Waals surface area contributed by atoms with Crippen molar-refractivity contribution in [1.29, 1.82) is 0 Å². The molecule has 0 atom stereocenters. The number of rotatable bonds is 4. The lowest BCUT2D eigenvalue weighted by Gasteiger charge is -2.13. The second-order valence-electron chi connectivity index (χ2n) is 5.09. The Kier molecular flexibility index (Phi) is 5.27. The van der Waals surface area contributed by atoms with Gasteiger partial charge in [0.05, 0.1) is 16.3 Å². The Morgan fingerprint density at radius 1 is 1.23 bits per heavy atom. The minimum absolute atomic E-state index is 0.0453. The van der Waals surface area contributed by atoms with E-state index in [2.05, 4.69) is 9.97 Å². The van der Waals surface area contributed by atoms with Crippen molar-refractivity contribution in [3.63, 3.8) is 0 Å². The van der Waals surface area contributed by atoms with Crippen LogP contribution in [0.15, 0.2) is 35.7 Å². The molecule has 4 nitrogen and oxygen atoms in total. The highest BCUT2D eigenvalue weighted by atomic mass is 35.5. The monoisotopic (exact) mass is 419 g/mol. The van der Waals surface area contributed by atoms with Crippen LogP contribution in [0.25, 0.3) is 21.5 Å². The van der Waals surface area contributed by atoms with Gasteiger partial charge in [0.2, 0.25) is 5.95 Å². The Bertz CT molecular complexity index is 989. The maximum absolute atomic E-state index is 12.2. The van der Waals surface area contributed by atoms with Crippen LogP contribution in [0.4, 0.5) is 19.1 Å². The van der Waals surface area contributed by atoms with E-state index in [-0.39, 0.29) is 34.4 Å². The number of hydrogen-bond donors (Lipinski definition) is 1. The van der Waals surface area contributed by atoms with Crippen molar-refractivity contribution in [2.45, 2.75) is 6.18 Å². The van der Waals surface area contributed by atoms with Gasteiger partial charge in [-0.2, -0.15) is 13.2 Å². The molecular formula is C16H10Cl2F3N3OS. The minimum atomic E-state index is -4.41. The first-order chi connectivity index (χ1) is 12.2. The standard InChI is InChI=1S/C16H10Cl2F3N3OS/c17-8-6-10(18)12(11(7-8)25-4-1-3-16(19,20)21)13-9-2-5-26-14(9)24-15(22)23-13/h1-3,5-7H,4H2,(H2,22,23,24)/b3-1+. The van der Waals surface area contributed by atoms with Gasteiger partial charge in [0.25, 0.3) is 0 Å². The van der Waals surface area contributed by atoms with Crippen molar-refractivity contribution >= 4 is 50.7 Å². The van der Waals surface area contributed by atoms with Crippen molar-refractivity contribution in [3.8, 4) is 17.0 Å². The summed E-state index contributed by atoms with van der Waals surface area (Å²) in [4.78, 5) is 9.02. The fourth-order valence-corrected chi connectivity index (χ4v) is 3.61. The van der Waals surface area contributed by atoms with E-state index in [9.17, 15) is 13.2 Å². The van der Waals surface area contributed by atoms with Crippen LogP contribution in [-0.4, -0.2) is 22.8 Å². The zero-order valence-corrected chi connectivity index (χ0v) is 15.2. The van der Waals surface area contributed by atoms with Crippen LogP contribution in [-0.2, 0) is 0 Å². The van der Waals surface area contributed by atoms with E-state index in [0.717, 1.165) is 6.08 Å². The van der Waals surface area contributed by atoms with E-state index in [0.29, 0.717) is 21.5 Å². The quantitative estimate of drug-likeness (QED) is 0.547. The summed E-state index contributed by atoms with van der Waals surface area (Å²) < 4.78 is 42.1. The van der Waals surface area contributed by atoms with E-state index in [1.54, 1.807) is 6.07 Å². The van der Waals surface area contributed by atoms with Gasteiger partial charge in [-0.3, -0.25) is 0 Å². The fourth-order valence-electron chi connectivity index (χ4n) is 2.28. The third-order valence-corrected chi connectivity index (χ3v) is 4.56. The van der Waals surface area contributed by atoms with Crippen molar-refractivity contribution in [2.75, 3.05) is 12.3 Å². The molecule has 2 N–H and O–H groups in total. The lowest BCUT2D eigenvalue weighted by atomic mass is 10.1. The number of allylic oxidation sites excluding steroid dienone is 1. The second kappa shape index (κ2) is 7.30. The molecule has 0 fully saturated rings. The summed E-state index contributed by atoms with van der Waals surface area (Å²) in [6, 6.07) is 4.75. The highest BCUT2D eigenvalue weighted by Crippen LogP contribution is 2.42. The Morgan fingerprint density at radius 3 is 2.73 bits per heavy atom. The first-order valence-electron chi connectivity index (χ1n) is 7.12. The van der Waals surface area contributed by atoms with E-state index in [1.165, 1.54) is 23.5 Å². The molecule has 0 aliphatic heterocycles. The van der Waals surface area contributed by atoms with E-state index in [1.807, 2.05) is 5.38 Å². The molecule has 1 aromatic carbocycles. The predicted molar refractivity (Wildman–Crippen MR) is 98.0 cm³/mol. The molecule has 3 aromatic rings. The van der Waals surface area contributed by atoms with Crippen LogP contribution in [0, 0.1) is 0 Å². The van der Waals surface area contributed by atoms with Crippen molar-refractivity contribution in [1.82, 2.24) is 9.97 Å². The molecule has 0 amide bonds. The minimum Gasteiger partial charge on any atom is -0.489 e. The molecule has 0 radical (unpaired) electrons. The first-order valence-corrected chi connectivity index (χ1v) is 8.75. The number of nitrogens with zero attached hydrogens (tertiary/aromatic N) is 2. The van der Waals surface area contributed by atoms with Gasteiger partial charge in [-0.1, -0.05) is 23.2 Å². The molecule has 10 heteroatoms. The molecule has 0 aliphatic rings. The molecule has 0 spiro atoms. The first kappa shape index (κ1) is 18.8. The number of alkyl halides is 3. The average Bonchev–Trinajstić information content (AvgIpc) is 2.98. The van der Waals surface area contributed by atoms with Crippen LogP contribution >= 0.6 is 34.5 Å². The Balaban J connectivity index is 2.06. The molecule has 0 unspecified atom stereocenters. The maximum atomic E-state index is 12.2. The second-order valence-corrected chi connectivity index (χ2v) is 6.82. The Morgan fingerprint density at radius 2 is 2.00 bits per heavy atom. The van der Waals surface area contributed by atoms with Gasteiger partial charge in [0, 0.05) is 16.5 Å². The van der Waals surface area contributed by atoms with Gasteiger partial charge < -0.3 is 10.5 Å². The van der Waals surface area contributed by atoms with Crippen molar-refractivity contribution in [3.05, 3.63) is 45.8 Å². The number of halogens is 5. The average molecular weight is 420 g/mol. The summed E-state index contributed by atoms with van der Waals surface area (Å²) in [5.74, 6) is 0.240. The third-order valence-electron chi connectivity index (χ3n) is 3.24. The highest BCUT2D eigenvalue weighted by molar-refractivity contribution is 7.16. The molecule has 26 heavy (non-hydrogen) atoms. The summed E-state index contributed by atoms with van der Waals surface area (Å²) in [5, 5.41) is 3.03. The number of hydrogen-bond acceptors (Lipinski definition) is 5. The lowest BCUT2D eigenvalue weighted by molar-refractivity contribution is -0.0801. The van der Waals surface area contributed by atoms with Gasteiger partial charge >= 0.3 is 6.18 Å². The van der Waals surface area contributed by atoms with Crippen LogP contribution < -0.4 is 10.5 Å². The molecule has 2 heterocycles. The number of aromatic nitrogens is 2. The van der Waals surface area contributed by atoms with Crippen LogP contribution in [0.3, 0.4) is 0 Å². The number of benzene rings is 1. The van der Waals surface area contributed by atoms with Gasteiger partial charge in [-0.05, 0) is 29.7 Å². The van der Waals surface area contributed by atoms with E-state index < -0.39 is 6.18 Å². The number of ether oxygens (including phenoxy) is 1. The molecule has 136 valence electrons. The van der Waals surface area contributed by atoms with E-state index in [4.69, 9.17) is 33.7 Å². The Labute approximate surface area is 160 Å². The van der Waals surface area contributed by atoms with Crippen molar-refractivity contribution < 1.29 is 17.9 Å². The van der Waals surface area contributed by atoms with Crippen molar-refractivity contribution in [2.24, 2.45) is 0 Å². The summed E-state index contributed by atoms with van der Waals surface area (Å²) in [7, 11) is 0. The van der Waals surface area contributed by atoms with Gasteiger partial charge in [-0.25, -0.2) is 9.97 Å². The number of nitrogen functional groups attached to an aromatic ring is 1. The number of nitrogens with two attached hydrogens (primary N) is 1. The number of fused-ring (bicyclic) bond motifs is 1. The zero-order chi connectivity index (χ0) is 18.9. The third kappa shape index (κ3) is 4.20. The summed E-state index contributed by atoms with van der Waals surface area (Å²) in [6.45, 7) is -0.323. The number of thiophene rings is 1. The summed E-state index contributed by atoms with van der Waals surface area (Å²) >= 11 is 13.7. The molecule has 0 bridgehead atoms. The zero-order valence-electron chi connectivity index (χ0n) is 12.8. The molecule has 0 saturated carbocycles.